The summed E-state index contributed by atoms with van der Waals surface area (Å²) in [5.41, 5.74) is 15.2. The number of anilines is 3. The zero-order valence-corrected chi connectivity index (χ0v) is 32.0. The minimum atomic E-state index is -0.0763. The fourth-order valence-electron chi connectivity index (χ4n) is 9.50. The van der Waals surface area contributed by atoms with Crippen LogP contribution < -0.4 is 4.90 Å². The third-order valence-corrected chi connectivity index (χ3v) is 12.2. The first kappa shape index (κ1) is 32.2. The molecule has 12 rings (SSSR count). The normalized spacial score (nSPS) is 12.5. The molecular formula is C54H38N2O. The summed E-state index contributed by atoms with van der Waals surface area (Å²) in [5.74, 6) is 0. The lowest BCUT2D eigenvalue weighted by Gasteiger charge is -2.32. The van der Waals surface area contributed by atoms with Crippen LogP contribution in [0.4, 0.5) is 17.1 Å². The number of rotatable bonds is 4. The predicted molar refractivity (Wildman–Crippen MR) is 241 cm³/mol. The van der Waals surface area contributed by atoms with Crippen LogP contribution >= 0.6 is 0 Å². The Labute approximate surface area is 330 Å². The predicted octanol–water partition coefficient (Wildman–Crippen LogP) is 15.4. The zero-order valence-electron chi connectivity index (χ0n) is 32.0. The van der Waals surface area contributed by atoms with E-state index in [1.807, 2.05) is 6.07 Å². The summed E-state index contributed by atoms with van der Waals surface area (Å²) in [5, 5.41) is 9.76. The maximum absolute atomic E-state index is 6.66. The van der Waals surface area contributed by atoms with Gasteiger partial charge in [-0.05, 0) is 134 Å². The maximum Gasteiger partial charge on any atom is 0.159 e. The van der Waals surface area contributed by atoms with E-state index in [4.69, 9.17) is 4.42 Å². The van der Waals surface area contributed by atoms with Crippen LogP contribution in [-0.4, -0.2) is 4.57 Å². The molecule has 1 aliphatic rings. The van der Waals surface area contributed by atoms with Crippen LogP contribution in [0.2, 0.25) is 0 Å². The van der Waals surface area contributed by atoms with Gasteiger partial charge in [0.05, 0.1) is 16.7 Å². The number of nitrogens with zero attached hydrogens (tertiary/aromatic N) is 2. The molecule has 0 spiro atoms. The molecule has 0 fully saturated rings. The summed E-state index contributed by atoms with van der Waals surface area (Å²) in [4.78, 5) is 2.40. The molecule has 0 amide bonds. The summed E-state index contributed by atoms with van der Waals surface area (Å²) in [6, 6.07) is 64.5. The van der Waals surface area contributed by atoms with Gasteiger partial charge in [-0.3, -0.25) is 0 Å². The Morgan fingerprint density at radius 2 is 0.982 bits per heavy atom. The number of aromatic nitrogens is 1. The zero-order chi connectivity index (χ0) is 38.0. The molecule has 3 heteroatoms. The quantitative estimate of drug-likeness (QED) is 0.180. The minimum absolute atomic E-state index is 0.0763. The average molecular weight is 731 g/mol. The third-order valence-electron chi connectivity index (χ3n) is 12.2. The first-order valence-electron chi connectivity index (χ1n) is 19.8. The number of furan rings is 1. The second-order valence-corrected chi connectivity index (χ2v) is 16.6. The van der Waals surface area contributed by atoms with Gasteiger partial charge >= 0.3 is 0 Å². The van der Waals surface area contributed by atoms with Gasteiger partial charge in [0.25, 0.3) is 0 Å². The molecule has 2 aromatic heterocycles. The van der Waals surface area contributed by atoms with Crippen molar-refractivity contribution in [3.05, 3.63) is 181 Å². The summed E-state index contributed by atoms with van der Waals surface area (Å²) in [6.07, 6.45) is 0. The molecule has 270 valence electrons. The second kappa shape index (κ2) is 11.7. The molecule has 0 bridgehead atoms. The van der Waals surface area contributed by atoms with Gasteiger partial charge in [0, 0.05) is 38.6 Å². The number of fused-ring (bicyclic) bond motifs is 12. The van der Waals surface area contributed by atoms with Gasteiger partial charge in [0.1, 0.15) is 5.58 Å². The Hall–Kier alpha value is -7.10. The Morgan fingerprint density at radius 1 is 0.439 bits per heavy atom. The highest BCUT2D eigenvalue weighted by Gasteiger charge is 2.28. The first-order valence-corrected chi connectivity index (χ1v) is 19.8. The maximum atomic E-state index is 6.66. The van der Waals surface area contributed by atoms with Crippen molar-refractivity contribution in [1.82, 2.24) is 4.57 Å². The topological polar surface area (TPSA) is 21.3 Å². The molecule has 0 saturated carbocycles. The molecule has 0 N–H and O–H groups in total. The fraction of sp³-hybridized carbons (Fsp3) is 0.0741. The van der Waals surface area contributed by atoms with E-state index in [9.17, 15) is 0 Å². The van der Waals surface area contributed by atoms with Crippen molar-refractivity contribution in [2.75, 3.05) is 4.90 Å². The lowest BCUT2D eigenvalue weighted by atomic mass is 9.78. The third kappa shape index (κ3) is 4.72. The lowest BCUT2D eigenvalue weighted by molar-refractivity contribution is 0.591. The molecular weight excluding hydrogens is 693 g/mol. The van der Waals surface area contributed by atoms with Crippen LogP contribution in [0.3, 0.4) is 0 Å². The highest BCUT2D eigenvalue weighted by molar-refractivity contribution is 6.14. The number of para-hydroxylation sites is 5. The molecule has 0 aliphatic heterocycles. The molecule has 0 unspecified atom stereocenters. The number of benzene rings is 9. The van der Waals surface area contributed by atoms with Crippen molar-refractivity contribution in [3.63, 3.8) is 0 Å². The van der Waals surface area contributed by atoms with E-state index in [2.05, 4.69) is 200 Å². The highest BCUT2D eigenvalue weighted by Crippen LogP contribution is 2.52. The van der Waals surface area contributed by atoms with Crippen molar-refractivity contribution in [3.8, 4) is 27.9 Å². The van der Waals surface area contributed by atoms with Crippen molar-refractivity contribution >= 4 is 82.4 Å². The molecule has 11 aromatic rings. The molecule has 1 aliphatic carbocycles. The van der Waals surface area contributed by atoms with Gasteiger partial charge in [-0.25, -0.2) is 0 Å². The van der Waals surface area contributed by atoms with E-state index in [0.717, 1.165) is 39.0 Å². The summed E-state index contributed by atoms with van der Waals surface area (Å²) < 4.78 is 9.06. The van der Waals surface area contributed by atoms with E-state index < -0.39 is 0 Å². The van der Waals surface area contributed by atoms with E-state index >= 15 is 0 Å². The molecule has 0 radical (unpaired) electrons. The molecule has 3 nitrogen and oxygen atoms in total. The Bertz CT molecular complexity index is 3410. The SMILES string of the molecule is CC(C)(C)c1ccccc1N(c1ccc2cc3c(cc2c1)-c1cc2ccc(-n4c5ccccc5c5ccccc54)cc2cc1-3)c1cccc2c1oc1ccccc12. The number of hydrogen-bond acceptors (Lipinski definition) is 2. The molecule has 2 heterocycles. The van der Waals surface area contributed by atoms with Crippen molar-refractivity contribution in [2.24, 2.45) is 0 Å². The van der Waals surface area contributed by atoms with Crippen LogP contribution in [0.25, 0.3) is 93.2 Å². The standard InChI is InChI=1S/C54H38N2O/c1-54(2,3)47-17-7-10-20-50(47)56(51-21-12-16-42-41-15-6-11-22-52(41)57-53(42)51)38-26-24-34-30-44-45-31-35-27-37(25-23-33(35)29-43(45)46(44)32-36(34)28-38)55-48-18-8-4-13-39(48)40-14-5-9-19-49(40)55/h4-32H,1-3H3. The largest absolute Gasteiger partial charge is 0.454 e. The van der Waals surface area contributed by atoms with E-state index in [1.165, 1.54) is 76.9 Å². The van der Waals surface area contributed by atoms with Gasteiger partial charge in [0.15, 0.2) is 5.58 Å². The van der Waals surface area contributed by atoms with Gasteiger partial charge in [-0.1, -0.05) is 118 Å². The summed E-state index contributed by atoms with van der Waals surface area (Å²) in [6.45, 7) is 6.87. The van der Waals surface area contributed by atoms with Crippen molar-refractivity contribution in [2.45, 2.75) is 26.2 Å². The van der Waals surface area contributed by atoms with E-state index in [-0.39, 0.29) is 5.41 Å². The van der Waals surface area contributed by atoms with Crippen LogP contribution in [0.5, 0.6) is 0 Å². The second-order valence-electron chi connectivity index (χ2n) is 16.6. The van der Waals surface area contributed by atoms with Gasteiger partial charge in [-0.15, -0.1) is 0 Å². The fourth-order valence-corrected chi connectivity index (χ4v) is 9.50. The Balaban J connectivity index is 0.994. The highest BCUT2D eigenvalue weighted by atomic mass is 16.3. The minimum Gasteiger partial charge on any atom is -0.454 e. The number of hydrogen-bond donors (Lipinski definition) is 0. The molecule has 57 heavy (non-hydrogen) atoms. The Morgan fingerprint density at radius 3 is 1.68 bits per heavy atom. The van der Waals surface area contributed by atoms with Crippen LogP contribution in [0, 0.1) is 0 Å². The van der Waals surface area contributed by atoms with Crippen LogP contribution in [0.1, 0.15) is 26.3 Å². The average Bonchev–Trinajstić information content (AvgIpc) is 3.79. The molecule has 9 aromatic carbocycles. The van der Waals surface area contributed by atoms with Crippen LogP contribution in [-0.2, 0) is 5.41 Å². The smallest absolute Gasteiger partial charge is 0.159 e. The van der Waals surface area contributed by atoms with E-state index in [0.29, 0.717) is 0 Å². The monoisotopic (exact) mass is 730 g/mol. The Kier molecular flexibility index (Phi) is 6.61. The summed E-state index contributed by atoms with van der Waals surface area (Å²) >= 11 is 0. The van der Waals surface area contributed by atoms with E-state index in [1.54, 1.807) is 0 Å². The van der Waals surface area contributed by atoms with Crippen molar-refractivity contribution < 1.29 is 4.42 Å². The lowest BCUT2D eigenvalue weighted by Crippen LogP contribution is -2.19. The molecule has 0 atom stereocenters. The van der Waals surface area contributed by atoms with Gasteiger partial charge in [0.2, 0.25) is 0 Å². The van der Waals surface area contributed by atoms with Crippen LogP contribution in [0.15, 0.2) is 180 Å². The molecule has 0 saturated heterocycles. The van der Waals surface area contributed by atoms with Crippen molar-refractivity contribution in [1.29, 1.82) is 0 Å². The van der Waals surface area contributed by atoms with Gasteiger partial charge in [-0.2, -0.15) is 0 Å². The van der Waals surface area contributed by atoms with Gasteiger partial charge < -0.3 is 13.9 Å². The first-order chi connectivity index (χ1) is 27.9. The summed E-state index contributed by atoms with van der Waals surface area (Å²) in [7, 11) is 0.